The second-order valence-electron chi connectivity index (χ2n) is 4.27. The number of aromatic hydroxyl groups is 1. The van der Waals surface area contributed by atoms with Crippen LogP contribution in [0.3, 0.4) is 0 Å². The van der Waals surface area contributed by atoms with Crippen molar-refractivity contribution in [3.8, 4) is 11.5 Å². The zero-order valence-electron chi connectivity index (χ0n) is 10.6. The van der Waals surface area contributed by atoms with Crippen molar-refractivity contribution in [3.05, 3.63) is 59.4 Å². The molecule has 0 saturated carbocycles. The first kappa shape index (κ1) is 15.1. The van der Waals surface area contributed by atoms with Gasteiger partial charge in [0.05, 0.1) is 6.04 Å². The molecule has 0 saturated heterocycles. The van der Waals surface area contributed by atoms with E-state index in [0.29, 0.717) is 5.56 Å². The van der Waals surface area contributed by atoms with E-state index in [1.165, 1.54) is 24.3 Å². The van der Waals surface area contributed by atoms with Crippen LogP contribution < -0.4 is 10.5 Å². The normalized spacial score (nSPS) is 13.0. The summed E-state index contributed by atoms with van der Waals surface area (Å²) in [7, 11) is 0. The summed E-state index contributed by atoms with van der Waals surface area (Å²) in [5, 5.41) is 9.61. The van der Waals surface area contributed by atoms with Gasteiger partial charge in [-0.05, 0) is 23.8 Å². The van der Waals surface area contributed by atoms with Crippen LogP contribution in [0.5, 0.6) is 11.5 Å². The van der Waals surface area contributed by atoms with Crippen LogP contribution in [-0.2, 0) is 0 Å². The molecule has 0 heterocycles. The Hall–Kier alpha value is -2.28. The van der Waals surface area contributed by atoms with E-state index in [4.69, 9.17) is 5.73 Å². The maximum Gasteiger partial charge on any atom is 0.573 e. The van der Waals surface area contributed by atoms with Crippen LogP contribution >= 0.6 is 0 Å². The predicted molar refractivity (Wildman–Crippen MR) is 67.2 cm³/mol. The highest BCUT2D eigenvalue weighted by molar-refractivity contribution is 5.42. The summed E-state index contributed by atoms with van der Waals surface area (Å²) >= 11 is 0. The quantitative estimate of drug-likeness (QED) is 0.853. The molecule has 0 fully saturated rings. The minimum absolute atomic E-state index is 0.138. The van der Waals surface area contributed by atoms with E-state index in [2.05, 4.69) is 4.74 Å². The molecule has 0 spiro atoms. The maximum absolute atomic E-state index is 13.3. The van der Waals surface area contributed by atoms with Crippen LogP contribution in [0.1, 0.15) is 17.2 Å². The highest BCUT2D eigenvalue weighted by Gasteiger charge is 2.31. The molecule has 0 aliphatic carbocycles. The highest BCUT2D eigenvalue weighted by atomic mass is 19.4. The Morgan fingerprint density at radius 3 is 2.24 bits per heavy atom. The first-order chi connectivity index (χ1) is 9.78. The van der Waals surface area contributed by atoms with Gasteiger partial charge in [0.15, 0.2) is 11.6 Å². The van der Waals surface area contributed by atoms with E-state index in [-0.39, 0.29) is 11.3 Å². The maximum atomic E-state index is 13.3. The summed E-state index contributed by atoms with van der Waals surface area (Å²) in [6.45, 7) is 0. The van der Waals surface area contributed by atoms with Gasteiger partial charge < -0.3 is 15.6 Å². The van der Waals surface area contributed by atoms with E-state index in [1.807, 2.05) is 0 Å². The Morgan fingerprint density at radius 1 is 1.05 bits per heavy atom. The van der Waals surface area contributed by atoms with Crippen molar-refractivity contribution in [2.24, 2.45) is 5.73 Å². The molecule has 3 N–H and O–H groups in total. The lowest BCUT2D eigenvalue weighted by Crippen LogP contribution is -2.17. The van der Waals surface area contributed by atoms with Crippen molar-refractivity contribution in [1.29, 1.82) is 0 Å². The van der Waals surface area contributed by atoms with Gasteiger partial charge in [0.1, 0.15) is 5.75 Å². The fourth-order valence-electron chi connectivity index (χ4n) is 1.84. The van der Waals surface area contributed by atoms with Gasteiger partial charge in [-0.2, -0.15) is 0 Å². The van der Waals surface area contributed by atoms with Crippen molar-refractivity contribution in [3.63, 3.8) is 0 Å². The molecule has 2 aromatic rings. The smallest absolute Gasteiger partial charge is 0.505 e. The van der Waals surface area contributed by atoms with Crippen molar-refractivity contribution in [2.45, 2.75) is 12.4 Å². The third kappa shape index (κ3) is 3.63. The molecule has 2 rings (SSSR count). The van der Waals surface area contributed by atoms with Crippen LogP contribution in [0.4, 0.5) is 17.6 Å². The van der Waals surface area contributed by atoms with Crippen LogP contribution in [0, 0.1) is 5.82 Å². The molecule has 1 atom stereocenters. The third-order valence-corrected chi connectivity index (χ3v) is 2.83. The minimum Gasteiger partial charge on any atom is -0.505 e. The molecule has 0 aliphatic heterocycles. The van der Waals surface area contributed by atoms with Gasteiger partial charge in [0.2, 0.25) is 0 Å². The molecule has 21 heavy (non-hydrogen) atoms. The summed E-state index contributed by atoms with van der Waals surface area (Å²) in [4.78, 5) is 0. The lowest BCUT2D eigenvalue weighted by molar-refractivity contribution is -0.274. The van der Waals surface area contributed by atoms with Crippen LogP contribution in [0.15, 0.2) is 42.5 Å². The average Bonchev–Trinajstić information content (AvgIpc) is 2.40. The molecule has 0 unspecified atom stereocenters. The van der Waals surface area contributed by atoms with Crippen molar-refractivity contribution in [2.75, 3.05) is 0 Å². The largest absolute Gasteiger partial charge is 0.573 e. The topological polar surface area (TPSA) is 55.5 Å². The lowest BCUT2D eigenvalue weighted by atomic mass is 9.98. The second-order valence-corrected chi connectivity index (χ2v) is 4.27. The van der Waals surface area contributed by atoms with Crippen LogP contribution in [-0.4, -0.2) is 11.5 Å². The Balaban J connectivity index is 2.24. The molecular formula is C14H11F4NO2. The van der Waals surface area contributed by atoms with E-state index in [1.54, 1.807) is 0 Å². The third-order valence-electron chi connectivity index (χ3n) is 2.83. The number of phenolic OH excluding ortho intramolecular Hbond substituents is 1. The molecule has 0 aliphatic rings. The first-order valence-corrected chi connectivity index (χ1v) is 5.86. The zero-order valence-corrected chi connectivity index (χ0v) is 10.6. The van der Waals surface area contributed by atoms with E-state index >= 15 is 0 Å². The summed E-state index contributed by atoms with van der Waals surface area (Å²) in [6, 6.07) is 7.84. The average molecular weight is 301 g/mol. The van der Waals surface area contributed by atoms with Crippen molar-refractivity contribution >= 4 is 0 Å². The number of rotatable bonds is 3. The summed E-state index contributed by atoms with van der Waals surface area (Å²) in [5.41, 5.74) is 6.42. The molecular weight excluding hydrogens is 290 g/mol. The zero-order chi connectivity index (χ0) is 15.6. The molecule has 2 aromatic carbocycles. The number of para-hydroxylation sites is 1. The number of ether oxygens (including phenoxy) is 1. The van der Waals surface area contributed by atoms with Crippen LogP contribution in [0.25, 0.3) is 0 Å². The number of nitrogens with two attached hydrogens (primary N) is 1. The van der Waals surface area contributed by atoms with Gasteiger partial charge >= 0.3 is 6.36 Å². The molecule has 0 radical (unpaired) electrons. The fourth-order valence-corrected chi connectivity index (χ4v) is 1.84. The Labute approximate surface area is 117 Å². The summed E-state index contributed by atoms with van der Waals surface area (Å²) in [5.74, 6) is -1.79. The number of halogens is 4. The fraction of sp³-hybridized carbons (Fsp3) is 0.143. The van der Waals surface area contributed by atoms with E-state index in [9.17, 15) is 22.7 Å². The molecule has 112 valence electrons. The summed E-state index contributed by atoms with van der Waals surface area (Å²) in [6.07, 6.45) is -4.77. The minimum atomic E-state index is -4.77. The predicted octanol–water partition coefficient (Wildman–Crippen LogP) is 3.48. The SMILES string of the molecule is N[C@@H](c1ccc(OC(F)(F)F)cc1)c1cccc(F)c1O. The van der Waals surface area contributed by atoms with Crippen molar-refractivity contribution < 1.29 is 27.4 Å². The molecule has 0 amide bonds. The van der Waals surface area contributed by atoms with Gasteiger partial charge in [-0.25, -0.2) is 4.39 Å². The number of phenols is 1. The number of benzene rings is 2. The Bertz CT molecular complexity index is 626. The van der Waals surface area contributed by atoms with Gasteiger partial charge in [-0.3, -0.25) is 0 Å². The lowest BCUT2D eigenvalue weighted by Gasteiger charge is -2.15. The van der Waals surface area contributed by atoms with Gasteiger partial charge in [-0.1, -0.05) is 24.3 Å². The number of hydrogen-bond acceptors (Lipinski definition) is 3. The van der Waals surface area contributed by atoms with Crippen molar-refractivity contribution in [1.82, 2.24) is 0 Å². The van der Waals surface area contributed by atoms with E-state index in [0.717, 1.165) is 18.2 Å². The van der Waals surface area contributed by atoms with Gasteiger partial charge in [0.25, 0.3) is 0 Å². The number of hydrogen-bond donors (Lipinski definition) is 2. The highest BCUT2D eigenvalue weighted by Crippen LogP contribution is 2.31. The Morgan fingerprint density at radius 2 is 1.67 bits per heavy atom. The van der Waals surface area contributed by atoms with E-state index < -0.39 is 24.0 Å². The van der Waals surface area contributed by atoms with Crippen LogP contribution in [0.2, 0.25) is 0 Å². The Kier molecular flexibility index (Phi) is 4.04. The molecule has 7 heteroatoms. The van der Waals surface area contributed by atoms with Gasteiger partial charge in [0, 0.05) is 5.56 Å². The molecule has 3 nitrogen and oxygen atoms in total. The van der Waals surface area contributed by atoms with Gasteiger partial charge in [-0.15, -0.1) is 13.2 Å². The monoisotopic (exact) mass is 301 g/mol. The molecule has 0 aromatic heterocycles. The summed E-state index contributed by atoms with van der Waals surface area (Å²) < 4.78 is 53.1. The number of alkyl halides is 3. The molecule has 0 bridgehead atoms. The standard InChI is InChI=1S/C14H11F4NO2/c15-11-3-1-2-10(13(11)20)12(19)8-4-6-9(7-5-8)21-14(16,17)18/h1-7,12,20H,19H2/t12-/m0/s1. The first-order valence-electron chi connectivity index (χ1n) is 5.86. The second kappa shape index (κ2) is 5.61.